The smallest absolute Gasteiger partial charge is 0.322 e. The summed E-state index contributed by atoms with van der Waals surface area (Å²) in [4.78, 5) is 35.9. The van der Waals surface area contributed by atoms with Crippen LogP contribution in [0.15, 0.2) is 18.6 Å². The Bertz CT molecular complexity index is 1110. The van der Waals surface area contributed by atoms with Gasteiger partial charge < -0.3 is 10.6 Å². The average molecular weight is 401 g/mol. The standard InChI is InChI=1S/C16H19N9O4/c1-9-12(25(28)29)14(24(4)21-9)16(27)20-11-7-19-23(3)13(11)15(26)17-5-10-6-18-22(2)8-10/h6-8H,5H2,1-4H3,(H,17,26)(H,20,27). The Hall–Kier alpha value is -4.03. The number of carbonyl (C=O) groups is 2. The molecule has 0 fully saturated rings. The van der Waals surface area contributed by atoms with Crippen LogP contribution in [0.2, 0.25) is 0 Å². The number of hydrogen-bond donors (Lipinski definition) is 2. The number of aromatic nitrogens is 6. The SMILES string of the molecule is Cc1nn(C)c(C(=O)Nc2cnn(C)c2C(=O)NCc2cnn(C)c2)c1[N+](=O)[O-]. The number of nitro groups is 1. The molecule has 29 heavy (non-hydrogen) atoms. The fourth-order valence-corrected chi connectivity index (χ4v) is 2.93. The van der Waals surface area contributed by atoms with Crippen LogP contribution in [0, 0.1) is 17.0 Å². The number of nitrogens with zero attached hydrogens (tertiary/aromatic N) is 7. The van der Waals surface area contributed by atoms with Crippen LogP contribution in [0.3, 0.4) is 0 Å². The normalized spacial score (nSPS) is 10.8. The zero-order chi connectivity index (χ0) is 21.3. The van der Waals surface area contributed by atoms with Crippen LogP contribution in [0.5, 0.6) is 0 Å². The van der Waals surface area contributed by atoms with Crippen molar-refractivity contribution < 1.29 is 14.5 Å². The molecule has 0 aliphatic carbocycles. The van der Waals surface area contributed by atoms with Gasteiger partial charge in [0, 0.05) is 39.4 Å². The summed E-state index contributed by atoms with van der Waals surface area (Å²) in [5.74, 6) is -1.24. The Labute approximate surface area is 164 Å². The van der Waals surface area contributed by atoms with Crippen LogP contribution >= 0.6 is 0 Å². The first kappa shape index (κ1) is 19.7. The number of nitrogens with one attached hydrogen (secondary N) is 2. The summed E-state index contributed by atoms with van der Waals surface area (Å²) >= 11 is 0. The van der Waals surface area contributed by atoms with Gasteiger partial charge in [0.2, 0.25) is 5.69 Å². The highest BCUT2D eigenvalue weighted by Gasteiger charge is 2.30. The van der Waals surface area contributed by atoms with E-state index in [1.165, 1.54) is 24.9 Å². The van der Waals surface area contributed by atoms with E-state index in [0.717, 1.165) is 10.2 Å². The van der Waals surface area contributed by atoms with Gasteiger partial charge in [-0.15, -0.1) is 0 Å². The molecule has 0 saturated carbocycles. The third-order valence-corrected chi connectivity index (χ3v) is 4.20. The number of hydrogen-bond acceptors (Lipinski definition) is 7. The van der Waals surface area contributed by atoms with E-state index in [0.29, 0.717) is 0 Å². The first-order valence-corrected chi connectivity index (χ1v) is 8.46. The summed E-state index contributed by atoms with van der Waals surface area (Å²) in [7, 11) is 4.74. The molecule has 13 heteroatoms. The van der Waals surface area contributed by atoms with Gasteiger partial charge in [0.1, 0.15) is 11.4 Å². The van der Waals surface area contributed by atoms with E-state index in [-0.39, 0.29) is 29.3 Å². The van der Waals surface area contributed by atoms with Gasteiger partial charge in [-0.1, -0.05) is 0 Å². The Morgan fingerprint density at radius 3 is 2.45 bits per heavy atom. The molecule has 0 aromatic carbocycles. The van der Waals surface area contributed by atoms with Gasteiger partial charge in [0.05, 0.1) is 23.0 Å². The van der Waals surface area contributed by atoms with Crippen molar-refractivity contribution in [2.24, 2.45) is 21.1 Å². The van der Waals surface area contributed by atoms with Gasteiger partial charge in [-0.05, 0) is 6.92 Å². The third kappa shape index (κ3) is 3.83. The second-order valence-electron chi connectivity index (χ2n) is 6.35. The highest BCUT2D eigenvalue weighted by atomic mass is 16.6. The minimum absolute atomic E-state index is 0.101. The lowest BCUT2D eigenvalue weighted by atomic mass is 10.2. The summed E-state index contributed by atoms with van der Waals surface area (Å²) in [6.07, 6.45) is 4.68. The van der Waals surface area contributed by atoms with Crippen molar-refractivity contribution in [3.05, 3.63) is 51.4 Å². The monoisotopic (exact) mass is 401 g/mol. The molecule has 0 aliphatic heterocycles. The minimum Gasteiger partial charge on any atom is -0.346 e. The lowest BCUT2D eigenvalue weighted by Gasteiger charge is -2.08. The molecule has 3 heterocycles. The highest BCUT2D eigenvalue weighted by molar-refractivity contribution is 6.09. The van der Waals surface area contributed by atoms with E-state index < -0.39 is 22.4 Å². The van der Waals surface area contributed by atoms with Crippen molar-refractivity contribution in [1.29, 1.82) is 0 Å². The van der Waals surface area contributed by atoms with E-state index >= 15 is 0 Å². The average Bonchev–Trinajstić information content (AvgIpc) is 3.30. The van der Waals surface area contributed by atoms with Gasteiger partial charge in [-0.25, -0.2) is 0 Å². The summed E-state index contributed by atoms with van der Waals surface area (Å²) in [5, 5.41) is 28.5. The molecule has 0 radical (unpaired) electrons. The van der Waals surface area contributed by atoms with E-state index in [9.17, 15) is 19.7 Å². The lowest BCUT2D eigenvalue weighted by molar-refractivity contribution is -0.385. The molecule has 3 rings (SSSR count). The number of anilines is 1. The number of carbonyl (C=O) groups excluding carboxylic acids is 2. The summed E-state index contributed by atoms with van der Waals surface area (Å²) in [6.45, 7) is 1.67. The van der Waals surface area contributed by atoms with Gasteiger partial charge in [0.25, 0.3) is 11.8 Å². The molecule has 3 aromatic heterocycles. The molecule has 0 saturated heterocycles. The largest absolute Gasteiger partial charge is 0.346 e. The van der Waals surface area contributed by atoms with Crippen LogP contribution in [-0.2, 0) is 27.7 Å². The van der Waals surface area contributed by atoms with E-state index in [1.807, 2.05) is 0 Å². The molecule has 2 amide bonds. The second kappa shape index (κ2) is 7.53. The molecule has 152 valence electrons. The Balaban J connectivity index is 1.82. The molecule has 2 N–H and O–H groups in total. The predicted molar refractivity (Wildman–Crippen MR) is 100 cm³/mol. The summed E-state index contributed by atoms with van der Waals surface area (Å²) in [6, 6.07) is 0. The molecular formula is C16H19N9O4. The Morgan fingerprint density at radius 2 is 1.83 bits per heavy atom. The summed E-state index contributed by atoms with van der Waals surface area (Å²) < 4.78 is 4.04. The van der Waals surface area contributed by atoms with Crippen molar-refractivity contribution in [1.82, 2.24) is 34.7 Å². The van der Waals surface area contributed by atoms with Crippen LogP contribution in [0.25, 0.3) is 0 Å². The van der Waals surface area contributed by atoms with Gasteiger partial charge in [-0.2, -0.15) is 15.3 Å². The molecule has 0 atom stereocenters. The Morgan fingerprint density at radius 1 is 1.10 bits per heavy atom. The van der Waals surface area contributed by atoms with Crippen molar-refractivity contribution in [2.45, 2.75) is 13.5 Å². The molecule has 3 aromatic rings. The number of amides is 2. The van der Waals surface area contributed by atoms with Crippen molar-refractivity contribution >= 4 is 23.2 Å². The minimum atomic E-state index is -0.769. The second-order valence-corrected chi connectivity index (χ2v) is 6.35. The van der Waals surface area contributed by atoms with Gasteiger partial charge in [0.15, 0.2) is 0 Å². The van der Waals surface area contributed by atoms with Crippen molar-refractivity contribution in [3.63, 3.8) is 0 Å². The first-order valence-electron chi connectivity index (χ1n) is 8.46. The fourth-order valence-electron chi connectivity index (χ4n) is 2.93. The topological polar surface area (TPSA) is 155 Å². The van der Waals surface area contributed by atoms with Gasteiger partial charge >= 0.3 is 5.69 Å². The molecule has 13 nitrogen and oxygen atoms in total. The van der Waals surface area contributed by atoms with Crippen LogP contribution in [0.1, 0.15) is 32.2 Å². The zero-order valence-electron chi connectivity index (χ0n) is 16.2. The molecule has 0 bridgehead atoms. The lowest BCUT2D eigenvalue weighted by Crippen LogP contribution is -2.27. The van der Waals surface area contributed by atoms with E-state index in [4.69, 9.17) is 0 Å². The van der Waals surface area contributed by atoms with Gasteiger partial charge in [-0.3, -0.25) is 33.7 Å². The van der Waals surface area contributed by atoms with Crippen LogP contribution < -0.4 is 10.6 Å². The predicted octanol–water partition coefficient (Wildman–Crippen LogP) is 0.286. The van der Waals surface area contributed by atoms with Crippen molar-refractivity contribution in [2.75, 3.05) is 5.32 Å². The third-order valence-electron chi connectivity index (χ3n) is 4.20. The quantitative estimate of drug-likeness (QED) is 0.444. The highest BCUT2D eigenvalue weighted by Crippen LogP contribution is 2.24. The van der Waals surface area contributed by atoms with Crippen molar-refractivity contribution in [3.8, 4) is 0 Å². The van der Waals surface area contributed by atoms with Crippen LogP contribution in [0.4, 0.5) is 11.4 Å². The fraction of sp³-hybridized carbons (Fsp3) is 0.312. The Kier molecular flexibility index (Phi) is 5.12. The maximum absolute atomic E-state index is 12.7. The maximum Gasteiger partial charge on any atom is 0.322 e. The molecular weight excluding hydrogens is 382 g/mol. The molecule has 0 unspecified atom stereocenters. The number of rotatable bonds is 6. The molecule has 0 aliphatic rings. The zero-order valence-corrected chi connectivity index (χ0v) is 16.2. The van der Waals surface area contributed by atoms with E-state index in [2.05, 4.69) is 25.9 Å². The molecule has 0 spiro atoms. The number of aryl methyl sites for hydroxylation is 4. The maximum atomic E-state index is 12.7. The first-order chi connectivity index (χ1) is 13.7. The van der Waals surface area contributed by atoms with Crippen LogP contribution in [-0.4, -0.2) is 46.1 Å². The van der Waals surface area contributed by atoms with E-state index in [1.54, 1.807) is 31.2 Å². The summed E-state index contributed by atoms with van der Waals surface area (Å²) in [5.41, 5.74) is 0.519.